The molecule has 0 spiro atoms. The first kappa shape index (κ1) is 16.2. The summed E-state index contributed by atoms with van der Waals surface area (Å²) in [5, 5.41) is 9.61. The third-order valence-corrected chi connectivity index (χ3v) is 5.44. The first-order valence-electron chi connectivity index (χ1n) is 8.21. The number of ether oxygens (including phenoxy) is 1. The van der Waals surface area contributed by atoms with Gasteiger partial charge in [0.2, 0.25) is 0 Å². The quantitative estimate of drug-likeness (QED) is 0.674. The monoisotopic (exact) mass is 356 g/mol. The number of likely N-dealkylation sites (tertiary alicyclic amines) is 1. The number of rotatable bonds is 6. The van der Waals surface area contributed by atoms with E-state index < -0.39 is 0 Å². The predicted octanol–water partition coefficient (Wildman–Crippen LogP) is 3.51. The van der Waals surface area contributed by atoms with Gasteiger partial charge in [0.15, 0.2) is 10.2 Å². The fourth-order valence-electron chi connectivity index (χ4n) is 3.01. The van der Waals surface area contributed by atoms with Gasteiger partial charge in [-0.15, -0.1) is 10.2 Å². The van der Waals surface area contributed by atoms with Crippen LogP contribution in [0.5, 0.6) is 5.75 Å². The lowest BCUT2D eigenvalue weighted by Gasteiger charge is -2.40. The molecular weight excluding hydrogens is 336 g/mol. The Bertz CT molecular complexity index is 860. The van der Waals surface area contributed by atoms with Crippen LogP contribution in [-0.4, -0.2) is 33.3 Å². The summed E-state index contributed by atoms with van der Waals surface area (Å²) >= 11 is 1.48. The van der Waals surface area contributed by atoms with Gasteiger partial charge in [-0.1, -0.05) is 12.1 Å². The van der Waals surface area contributed by atoms with E-state index in [9.17, 15) is 0 Å². The number of methoxy groups -OCH3 is 1. The summed E-state index contributed by atoms with van der Waals surface area (Å²) in [6.45, 7) is 1.88. The molecule has 0 radical (unpaired) electrons. The van der Waals surface area contributed by atoms with Gasteiger partial charge in [-0.2, -0.15) is 0 Å². The van der Waals surface area contributed by atoms with E-state index in [2.05, 4.69) is 27.2 Å². The predicted molar refractivity (Wildman–Crippen MR) is 94.6 cm³/mol. The van der Waals surface area contributed by atoms with Crippen molar-refractivity contribution in [2.75, 3.05) is 13.7 Å². The Kier molecular flexibility index (Phi) is 4.50. The molecule has 0 amide bonds. The van der Waals surface area contributed by atoms with E-state index in [4.69, 9.17) is 9.15 Å². The minimum absolute atomic E-state index is 0.426. The minimum Gasteiger partial charge on any atom is -0.497 e. The van der Waals surface area contributed by atoms with Crippen molar-refractivity contribution < 1.29 is 9.15 Å². The zero-order valence-corrected chi connectivity index (χ0v) is 15.1. The Morgan fingerprint density at radius 2 is 2.24 bits per heavy atom. The van der Waals surface area contributed by atoms with Crippen LogP contribution in [0.2, 0.25) is 0 Å². The van der Waals surface area contributed by atoms with Crippen molar-refractivity contribution in [3.05, 3.63) is 54.0 Å². The zero-order chi connectivity index (χ0) is 17.2. The molecule has 0 aliphatic carbocycles. The lowest BCUT2D eigenvalue weighted by atomic mass is 9.94. The summed E-state index contributed by atoms with van der Waals surface area (Å²) in [5.41, 5.74) is 1.30. The molecule has 2 aromatic heterocycles. The second-order valence-electron chi connectivity index (χ2n) is 6.10. The van der Waals surface area contributed by atoms with E-state index in [1.165, 1.54) is 17.3 Å². The molecule has 1 saturated heterocycles. The zero-order valence-electron chi connectivity index (χ0n) is 14.3. The van der Waals surface area contributed by atoms with Gasteiger partial charge in [-0.25, -0.2) is 0 Å². The average molecular weight is 356 g/mol. The van der Waals surface area contributed by atoms with E-state index in [0.717, 1.165) is 41.3 Å². The molecule has 1 aliphatic rings. The van der Waals surface area contributed by atoms with Crippen LogP contribution < -0.4 is 4.74 Å². The molecule has 1 fully saturated rings. The summed E-state index contributed by atoms with van der Waals surface area (Å²) in [5.74, 6) is 1.88. The van der Waals surface area contributed by atoms with Crippen molar-refractivity contribution in [1.82, 2.24) is 19.7 Å². The molecule has 1 aliphatic heterocycles. The molecule has 25 heavy (non-hydrogen) atoms. The SMILES string of the molecule is COc1cccc([C@@H]2CCN2Cc2ccc(Sc3nncn3C)o2)c1. The molecule has 4 rings (SSSR count). The van der Waals surface area contributed by atoms with Crippen LogP contribution in [0.1, 0.15) is 23.8 Å². The van der Waals surface area contributed by atoms with E-state index in [1.54, 1.807) is 13.4 Å². The highest BCUT2D eigenvalue weighted by molar-refractivity contribution is 7.99. The Balaban J connectivity index is 1.41. The van der Waals surface area contributed by atoms with Gasteiger partial charge in [0, 0.05) is 19.6 Å². The van der Waals surface area contributed by atoms with Crippen molar-refractivity contribution in [1.29, 1.82) is 0 Å². The van der Waals surface area contributed by atoms with Crippen molar-refractivity contribution in [3.8, 4) is 5.75 Å². The van der Waals surface area contributed by atoms with Crippen molar-refractivity contribution >= 4 is 11.8 Å². The van der Waals surface area contributed by atoms with Gasteiger partial charge in [-0.3, -0.25) is 4.90 Å². The average Bonchev–Trinajstić information content (AvgIpc) is 3.22. The highest BCUT2D eigenvalue weighted by atomic mass is 32.2. The molecule has 3 heterocycles. The van der Waals surface area contributed by atoms with Gasteiger partial charge < -0.3 is 13.7 Å². The molecule has 0 bridgehead atoms. The first-order valence-corrected chi connectivity index (χ1v) is 9.03. The Labute approximate surface area is 150 Å². The first-order chi connectivity index (χ1) is 12.2. The van der Waals surface area contributed by atoms with Gasteiger partial charge in [0.1, 0.15) is 17.8 Å². The summed E-state index contributed by atoms with van der Waals surface area (Å²) < 4.78 is 13.2. The van der Waals surface area contributed by atoms with Gasteiger partial charge >= 0.3 is 0 Å². The normalized spacial score (nSPS) is 17.4. The molecular formula is C18H20N4O2S. The van der Waals surface area contributed by atoms with Crippen LogP contribution in [0, 0.1) is 0 Å². The van der Waals surface area contributed by atoms with E-state index in [1.807, 2.05) is 35.9 Å². The van der Waals surface area contributed by atoms with Crippen LogP contribution in [0.4, 0.5) is 0 Å². The number of hydrogen-bond donors (Lipinski definition) is 0. The Morgan fingerprint density at radius 1 is 1.32 bits per heavy atom. The van der Waals surface area contributed by atoms with E-state index in [-0.39, 0.29) is 0 Å². The van der Waals surface area contributed by atoms with Crippen LogP contribution in [0.3, 0.4) is 0 Å². The fraction of sp³-hybridized carbons (Fsp3) is 0.333. The van der Waals surface area contributed by atoms with Gasteiger partial charge in [0.05, 0.1) is 13.7 Å². The maximum atomic E-state index is 5.96. The van der Waals surface area contributed by atoms with Crippen LogP contribution in [0.15, 0.2) is 57.4 Å². The number of nitrogens with zero attached hydrogens (tertiary/aromatic N) is 4. The highest BCUT2D eigenvalue weighted by Gasteiger charge is 2.30. The molecule has 0 unspecified atom stereocenters. The standard InChI is InChI=1S/C18H20N4O2S/c1-21-12-19-20-18(21)25-17-7-6-15(24-17)11-22-9-8-16(22)13-4-3-5-14(10-13)23-2/h3-7,10,12,16H,8-9,11H2,1-2H3/t16-/m0/s1. The van der Waals surface area contributed by atoms with Crippen molar-refractivity contribution in [2.45, 2.75) is 29.3 Å². The van der Waals surface area contributed by atoms with Crippen LogP contribution >= 0.6 is 11.8 Å². The molecule has 1 aromatic carbocycles. The number of aromatic nitrogens is 3. The number of benzene rings is 1. The smallest absolute Gasteiger partial charge is 0.198 e. The molecule has 0 saturated carbocycles. The van der Waals surface area contributed by atoms with E-state index >= 15 is 0 Å². The second-order valence-corrected chi connectivity index (χ2v) is 7.07. The van der Waals surface area contributed by atoms with Gasteiger partial charge in [-0.05, 0) is 48.0 Å². The Morgan fingerprint density at radius 3 is 2.96 bits per heavy atom. The van der Waals surface area contributed by atoms with Crippen LogP contribution in [-0.2, 0) is 13.6 Å². The maximum absolute atomic E-state index is 5.96. The summed E-state index contributed by atoms with van der Waals surface area (Å²) in [6, 6.07) is 12.8. The fourth-order valence-corrected chi connectivity index (χ4v) is 3.75. The third kappa shape index (κ3) is 3.43. The highest BCUT2D eigenvalue weighted by Crippen LogP contribution is 2.36. The second kappa shape index (κ2) is 6.93. The summed E-state index contributed by atoms with van der Waals surface area (Å²) in [7, 11) is 3.63. The lowest BCUT2D eigenvalue weighted by molar-refractivity contribution is 0.0721. The molecule has 3 aromatic rings. The molecule has 130 valence electrons. The lowest BCUT2D eigenvalue weighted by Crippen LogP contribution is -2.40. The molecule has 0 N–H and O–H groups in total. The van der Waals surface area contributed by atoms with Crippen molar-refractivity contribution in [3.63, 3.8) is 0 Å². The van der Waals surface area contributed by atoms with E-state index in [0.29, 0.717) is 6.04 Å². The summed E-state index contributed by atoms with van der Waals surface area (Å²) in [4.78, 5) is 2.42. The minimum atomic E-state index is 0.426. The maximum Gasteiger partial charge on any atom is 0.198 e. The number of hydrogen-bond acceptors (Lipinski definition) is 6. The number of furan rings is 1. The molecule has 6 nitrogen and oxygen atoms in total. The molecule has 7 heteroatoms. The Hall–Kier alpha value is -2.25. The summed E-state index contributed by atoms with van der Waals surface area (Å²) in [6.07, 6.45) is 2.85. The number of aryl methyl sites for hydroxylation is 1. The largest absolute Gasteiger partial charge is 0.497 e. The van der Waals surface area contributed by atoms with Crippen molar-refractivity contribution in [2.24, 2.45) is 7.05 Å². The molecule has 1 atom stereocenters. The third-order valence-electron chi connectivity index (χ3n) is 4.47. The van der Waals surface area contributed by atoms with Gasteiger partial charge in [0.25, 0.3) is 0 Å². The topological polar surface area (TPSA) is 56.3 Å². The van der Waals surface area contributed by atoms with Crippen LogP contribution in [0.25, 0.3) is 0 Å².